The van der Waals surface area contributed by atoms with Gasteiger partial charge in [-0.05, 0) is 30.0 Å². The number of carboxylic acids is 1. The highest BCUT2D eigenvalue weighted by molar-refractivity contribution is 6.39. The zero-order chi connectivity index (χ0) is 15.7. The zero-order valence-corrected chi connectivity index (χ0v) is 13.5. The van der Waals surface area contributed by atoms with E-state index in [0.717, 1.165) is 0 Å². The van der Waals surface area contributed by atoms with Gasteiger partial charge in [0, 0.05) is 21.6 Å². The average molecular weight is 351 g/mol. The lowest BCUT2D eigenvalue weighted by Crippen LogP contribution is -2.43. The summed E-state index contributed by atoms with van der Waals surface area (Å²) >= 11 is 17.9. The molecule has 2 unspecified atom stereocenters. The van der Waals surface area contributed by atoms with E-state index >= 15 is 0 Å². The van der Waals surface area contributed by atoms with Gasteiger partial charge in [0.1, 0.15) is 6.04 Å². The van der Waals surface area contributed by atoms with Crippen molar-refractivity contribution in [2.45, 2.75) is 25.8 Å². The third-order valence-electron chi connectivity index (χ3n) is 3.71. The highest BCUT2D eigenvalue weighted by Gasteiger charge is 2.39. The van der Waals surface area contributed by atoms with Crippen molar-refractivity contribution in [2.75, 3.05) is 6.54 Å². The van der Waals surface area contributed by atoms with Crippen LogP contribution in [0, 0.1) is 5.92 Å². The lowest BCUT2D eigenvalue weighted by Gasteiger charge is -2.23. The number of benzene rings is 1. The van der Waals surface area contributed by atoms with Crippen LogP contribution in [-0.2, 0) is 16.0 Å². The molecular weight excluding hydrogens is 337 g/mol. The van der Waals surface area contributed by atoms with E-state index in [4.69, 9.17) is 34.8 Å². The minimum atomic E-state index is -0.985. The molecule has 114 valence electrons. The summed E-state index contributed by atoms with van der Waals surface area (Å²) in [5, 5.41) is 10.3. The van der Waals surface area contributed by atoms with Crippen LogP contribution in [0.3, 0.4) is 0 Å². The molecule has 0 aliphatic carbocycles. The van der Waals surface area contributed by atoms with Crippen molar-refractivity contribution >= 4 is 46.7 Å². The van der Waals surface area contributed by atoms with Crippen LogP contribution in [-0.4, -0.2) is 34.5 Å². The van der Waals surface area contributed by atoms with Gasteiger partial charge in [-0.25, -0.2) is 4.79 Å². The monoisotopic (exact) mass is 349 g/mol. The molecule has 1 saturated heterocycles. The maximum atomic E-state index is 12.4. The number of nitrogens with zero attached hydrogens (tertiary/aromatic N) is 1. The molecule has 2 atom stereocenters. The molecule has 0 bridgehead atoms. The van der Waals surface area contributed by atoms with Gasteiger partial charge in [-0.3, -0.25) is 4.79 Å². The van der Waals surface area contributed by atoms with Crippen LogP contribution in [0.15, 0.2) is 12.1 Å². The van der Waals surface area contributed by atoms with Crippen LogP contribution < -0.4 is 0 Å². The fourth-order valence-electron chi connectivity index (χ4n) is 2.60. The number of hydrogen-bond acceptors (Lipinski definition) is 2. The van der Waals surface area contributed by atoms with E-state index in [1.165, 1.54) is 17.0 Å². The number of carbonyl (C=O) groups is 2. The largest absolute Gasteiger partial charge is 0.480 e. The Morgan fingerprint density at radius 2 is 1.86 bits per heavy atom. The summed E-state index contributed by atoms with van der Waals surface area (Å²) < 4.78 is 0. The third-order valence-corrected chi connectivity index (χ3v) is 4.60. The zero-order valence-electron chi connectivity index (χ0n) is 11.3. The lowest BCUT2D eigenvalue weighted by atomic mass is 10.0. The van der Waals surface area contributed by atoms with E-state index in [-0.39, 0.29) is 18.2 Å². The predicted molar refractivity (Wildman–Crippen MR) is 82.1 cm³/mol. The molecule has 0 radical (unpaired) electrons. The lowest BCUT2D eigenvalue weighted by molar-refractivity contribution is -0.149. The van der Waals surface area contributed by atoms with Crippen LogP contribution >= 0.6 is 34.8 Å². The van der Waals surface area contributed by atoms with Crippen molar-refractivity contribution in [1.82, 2.24) is 4.90 Å². The van der Waals surface area contributed by atoms with Crippen LogP contribution in [0.4, 0.5) is 0 Å². The van der Waals surface area contributed by atoms with Crippen LogP contribution in [0.2, 0.25) is 15.1 Å². The summed E-state index contributed by atoms with van der Waals surface area (Å²) in [6.45, 7) is 2.26. The quantitative estimate of drug-likeness (QED) is 0.907. The molecule has 1 aromatic rings. The van der Waals surface area contributed by atoms with Gasteiger partial charge >= 0.3 is 5.97 Å². The van der Waals surface area contributed by atoms with E-state index in [1.807, 2.05) is 6.92 Å². The minimum Gasteiger partial charge on any atom is -0.480 e. The van der Waals surface area contributed by atoms with Crippen molar-refractivity contribution < 1.29 is 14.7 Å². The Bertz CT molecular complexity index is 568. The Labute approximate surface area is 137 Å². The van der Waals surface area contributed by atoms with Gasteiger partial charge < -0.3 is 10.0 Å². The first kappa shape index (κ1) is 16.4. The maximum absolute atomic E-state index is 12.4. The van der Waals surface area contributed by atoms with Crippen LogP contribution in [0.25, 0.3) is 0 Å². The summed E-state index contributed by atoms with van der Waals surface area (Å²) in [6.07, 6.45) is 0.635. The van der Waals surface area contributed by atoms with Gasteiger partial charge in [0.15, 0.2) is 0 Å². The van der Waals surface area contributed by atoms with Gasteiger partial charge in [-0.2, -0.15) is 0 Å². The maximum Gasteiger partial charge on any atom is 0.326 e. The number of hydrogen-bond donors (Lipinski definition) is 1. The fraction of sp³-hybridized carbons (Fsp3) is 0.429. The van der Waals surface area contributed by atoms with Crippen molar-refractivity contribution in [2.24, 2.45) is 5.92 Å². The molecule has 0 saturated carbocycles. The Morgan fingerprint density at radius 1 is 1.29 bits per heavy atom. The predicted octanol–water partition coefficient (Wildman–Crippen LogP) is 3.51. The number of carbonyl (C=O) groups excluding carboxylic acids is 1. The first-order chi connectivity index (χ1) is 9.81. The number of rotatable bonds is 3. The molecule has 1 fully saturated rings. The Balaban J connectivity index is 2.21. The molecule has 1 aliphatic rings. The van der Waals surface area contributed by atoms with Crippen LogP contribution in [0.5, 0.6) is 0 Å². The Hall–Kier alpha value is -0.970. The number of amides is 1. The number of carboxylic acid groups (broad SMARTS) is 1. The molecule has 21 heavy (non-hydrogen) atoms. The normalized spacial score (nSPS) is 21.6. The fourth-order valence-corrected chi connectivity index (χ4v) is 3.55. The molecule has 2 rings (SSSR count). The molecule has 1 aromatic carbocycles. The van der Waals surface area contributed by atoms with Gasteiger partial charge in [-0.15, -0.1) is 0 Å². The molecule has 1 N–H and O–H groups in total. The summed E-state index contributed by atoms with van der Waals surface area (Å²) in [6, 6.07) is 2.24. The smallest absolute Gasteiger partial charge is 0.326 e. The van der Waals surface area contributed by atoms with Gasteiger partial charge in [-0.1, -0.05) is 41.7 Å². The molecule has 4 nitrogen and oxygen atoms in total. The SMILES string of the molecule is CC1CCN(C(=O)Cc2c(Cl)cc(Cl)cc2Cl)C1C(=O)O. The van der Waals surface area contributed by atoms with E-state index in [9.17, 15) is 14.7 Å². The van der Waals surface area contributed by atoms with Crippen LogP contribution in [0.1, 0.15) is 18.9 Å². The second-order valence-corrected chi connectivity index (χ2v) is 6.41. The first-order valence-corrected chi connectivity index (χ1v) is 7.60. The van der Waals surface area contributed by atoms with Gasteiger partial charge in [0.05, 0.1) is 6.42 Å². The van der Waals surface area contributed by atoms with Crippen molar-refractivity contribution in [3.63, 3.8) is 0 Å². The highest BCUT2D eigenvalue weighted by Crippen LogP contribution is 2.31. The third kappa shape index (κ3) is 3.44. The average Bonchev–Trinajstić information content (AvgIpc) is 2.75. The topological polar surface area (TPSA) is 57.6 Å². The molecule has 1 amide bonds. The van der Waals surface area contributed by atoms with E-state index < -0.39 is 12.0 Å². The molecular formula is C14H14Cl3NO3. The molecule has 1 heterocycles. The number of likely N-dealkylation sites (tertiary alicyclic amines) is 1. The van der Waals surface area contributed by atoms with E-state index in [2.05, 4.69) is 0 Å². The number of aliphatic carboxylic acids is 1. The van der Waals surface area contributed by atoms with Crippen molar-refractivity contribution in [1.29, 1.82) is 0 Å². The highest BCUT2D eigenvalue weighted by atomic mass is 35.5. The second kappa shape index (κ2) is 6.42. The molecule has 7 heteroatoms. The Kier molecular flexibility index (Phi) is 5.02. The van der Waals surface area contributed by atoms with Gasteiger partial charge in [0.2, 0.25) is 5.91 Å². The first-order valence-electron chi connectivity index (χ1n) is 6.47. The van der Waals surface area contributed by atoms with Crippen molar-refractivity contribution in [3.05, 3.63) is 32.8 Å². The standard InChI is InChI=1S/C14H14Cl3NO3/c1-7-2-3-18(13(7)14(20)21)12(19)6-9-10(16)4-8(15)5-11(9)17/h4-5,7,13H,2-3,6H2,1H3,(H,20,21). The Morgan fingerprint density at radius 3 is 2.38 bits per heavy atom. The van der Waals surface area contributed by atoms with E-state index in [0.29, 0.717) is 33.6 Å². The summed E-state index contributed by atoms with van der Waals surface area (Å²) in [5.41, 5.74) is 0.469. The van der Waals surface area contributed by atoms with E-state index in [1.54, 1.807) is 0 Å². The summed E-state index contributed by atoms with van der Waals surface area (Å²) in [5.74, 6) is -1.35. The van der Waals surface area contributed by atoms with Gasteiger partial charge in [0.25, 0.3) is 0 Å². The summed E-state index contributed by atoms with van der Waals surface area (Å²) in [4.78, 5) is 25.1. The molecule has 0 spiro atoms. The number of halogens is 3. The van der Waals surface area contributed by atoms with Crippen molar-refractivity contribution in [3.8, 4) is 0 Å². The summed E-state index contributed by atoms with van der Waals surface area (Å²) in [7, 11) is 0. The molecule has 1 aliphatic heterocycles. The molecule has 0 aromatic heterocycles. The minimum absolute atomic E-state index is 0.0364. The second-order valence-electron chi connectivity index (χ2n) is 5.16.